The largest absolute Gasteiger partial charge is 0.455 e. The van der Waals surface area contributed by atoms with Gasteiger partial charge in [-0.15, -0.1) is 0 Å². The van der Waals surface area contributed by atoms with Gasteiger partial charge in [-0.1, -0.05) is 116 Å². The molecule has 0 N–H and O–H groups in total. The number of hydrogen-bond acceptors (Lipinski definition) is 2. The van der Waals surface area contributed by atoms with Crippen LogP contribution < -0.4 is 4.90 Å². The number of furan rings is 1. The molecule has 16 rings (SSSR count). The molecule has 0 amide bonds. The first-order chi connectivity index (χ1) is 30.1. The maximum atomic E-state index is 6.53. The van der Waals surface area contributed by atoms with Gasteiger partial charge in [0.25, 0.3) is 0 Å². The molecular formula is C59H49NO. The summed E-state index contributed by atoms with van der Waals surface area (Å²) in [5.74, 6) is 4.99. The van der Waals surface area contributed by atoms with Crippen molar-refractivity contribution in [1.29, 1.82) is 0 Å². The van der Waals surface area contributed by atoms with E-state index in [1.54, 1.807) is 22.3 Å². The summed E-state index contributed by atoms with van der Waals surface area (Å²) in [5.41, 5.74) is 20.4. The van der Waals surface area contributed by atoms with Gasteiger partial charge in [-0.2, -0.15) is 0 Å². The number of nitrogens with zero attached hydrogens (tertiary/aromatic N) is 1. The summed E-state index contributed by atoms with van der Waals surface area (Å²) in [5, 5.41) is 2.34. The van der Waals surface area contributed by atoms with Crippen LogP contribution in [0.3, 0.4) is 0 Å². The Kier molecular flexibility index (Phi) is 6.62. The topological polar surface area (TPSA) is 16.4 Å². The van der Waals surface area contributed by atoms with Gasteiger partial charge in [0.05, 0.1) is 0 Å². The zero-order valence-corrected chi connectivity index (χ0v) is 34.6. The zero-order valence-electron chi connectivity index (χ0n) is 34.6. The number of anilines is 3. The Morgan fingerprint density at radius 1 is 0.426 bits per heavy atom. The summed E-state index contributed by atoms with van der Waals surface area (Å²) in [6.45, 7) is 0. The number of benzene rings is 7. The van der Waals surface area contributed by atoms with Gasteiger partial charge in [0, 0.05) is 44.2 Å². The molecule has 7 aromatic carbocycles. The lowest BCUT2D eigenvalue weighted by atomic mass is 9.43. The van der Waals surface area contributed by atoms with E-state index >= 15 is 0 Å². The van der Waals surface area contributed by atoms with E-state index in [-0.39, 0.29) is 10.8 Å². The highest BCUT2D eigenvalue weighted by Gasteiger charge is 2.62. The van der Waals surface area contributed by atoms with Crippen molar-refractivity contribution in [3.8, 4) is 33.4 Å². The van der Waals surface area contributed by atoms with E-state index < -0.39 is 0 Å². The fourth-order valence-electron chi connectivity index (χ4n) is 16.0. The Morgan fingerprint density at radius 3 is 1.74 bits per heavy atom. The Hall–Kier alpha value is -5.86. The van der Waals surface area contributed by atoms with Gasteiger partial charge < -0.3 is 9.32 Å². The molecule has 8 aliphatic rings. The van der Waals surface area contributed by atoms with E-state index in [9.17, 15) is 0 Å². The minimum atomic E-state index is 0.161. The van der Waals surface area contributed by atoms with Gasteiger partial charge in [-0.05, 0) is 179 Å². The van der Waals surface area contributed by atoms with Crippen LogP contribution in [0.25, 0.3) is 55.3 Å². The van der Waals surface area contributed by atoms with Crippen molar-refractivity contribution < 1.29 is 4.42 Å². The molecule has 0 radical (unpaired) electrons. The van der Waals surface area contributed by atoms with Gasteiger partial charge in [-0.25, -0.2) is 0 Å². The molecule has 296 valence electrons. The molecule has 2 heteroatoms. The Balaban J connectivity index is 0.910. The predicted octanol–water partition coefficient (Wildman–Crippen LogP) is 15.5. The van der Waals surface area contributed by atoms with Crippen LogP contribution in [0, 0.1) is 35.5 Å². The molecule has 6 saturated carbocycles. The van der Waals surface area contributed by atoms with Crippen LogP contribution in [-0.4, -0.2) is 0 Å². The SMILES string of the molecule is c1ccc2c(c1)-c1cc(N(c3ccc(-c4cccc5c4oc4ccccc45)cc3)c3ccc4c(c3)-c3ccccc3C43C4CC5CC(C4)CC3C5)ccc1C21CC2CCC1C2. The molecule has 6 fully saturated rings. The molecule has 3 atom stereocenters. The van der Waals surface area contributed by atoms with Crippen molar-refractivity contribution in [2.45, 2.75) is 68.6 Å². The molecule has 1 heterocycles. The van der Waals surface area contributed by atoms with Crippen LogP contribution in [0.15, 0.2) is 156 Å². The van der Waals surface area contributed by atoms with E-state index in [0.29, 0.717) is 0 Å². The van der Waals surface area contributed by atoms with Gasteiger partial charge in [0.1, 0.15) is 11.2 Å². The Morgan fingerprint density at radius 2 is 1.00 bits per heavy atom. The third-order valence-electron chi connectivity index (χ3n) is 17.9. The van der Waals surface area contributed by atoms with Crippen molar-refractivity contribution >= 4 is 39.0 Å². The molecule has 2 nitrogen and oxygen atoms in total. The molecular weight excluding hydrogens is 739 g/mol. The maximum absolute atomic E-state index is 6.53. The summed E-state index contributed by atoms with van der Waals surface area (Å²) < 4.78 is 6.53. The van der Waals surface area contributed by atoms with Crippen LogP contribution in [0.4, 0.5) is 17.1 Å². The zero-order chi connectivity index (χ0) is 39.6. The third-order valence-corrected chi connectivity index (χ3v) is 17.9. The van der Waals surface area contributed by atoms with E-state index in [1.807, 2.05) is 0 Å². The summed E-state index contributed by atoms with van der Waals surface area (Å²) in [6.07, 6.45) is 12.6. The second kappa shape index (κ2) is 11.9. The molecule has 8 aromatic rings. The van der Waals surface area contributed by atoms with E-state index in [2.05, 4.69) is 157 Å². The lowest BCUT2D eigenvalue weighted by Gasteiger charge is -2.61. The fourth-order valence-corrected chi connectivity index (χ4v) is 16.0. The highest BCUT2D eigenvalue weighted by molar-refractivity contribution is 6.09. The second-order valence-corrected chi connectivity index (χ2v) is 20.4. The first-order valence-corrected chi connectivity index (χ1v) is 23.4. The number of para-hydroxylation sites is 2. The first kappa shape index (κ1) is 33.8. The number of hydrogen-bond donors (Lipinski definition) is 0. The maximum Gasteiger partial charge on any atom is 0.143 e. The van der Waals surface area contributed by atoms with Gasteiger partial charge in [-0.3, -0.25) is 0 Å². The first-order valence-electron chi connectivity index (χ1n) is 23.4. The predicted molar refractivity (Wildman–Crippen MR) is 249 cm³/mol. The Bertz CT molecular complexity index is 3120. The van der Waals surface area contributed by atoms with Crippen molar-refractivity contribution in [3.05, 3.63) is 174 Å². The average molecular weight is 788 g/mol. The summed E-state index contributed by atoms with van der Waals surface area (Å²) in [4.78, 5) is 2.56. The molecule has 3 unspecified atom stereocenters. The highest BCUT2D eigenvalue weighted by Crippen LogP contribution is 2.70. The van der Waals surface area contributed by atoms with Crippen LogP contribution >= 0.6 is 0 Å². The molecule has 0 saturated heterocycles. The average Bonchev–Trinajstić information content (AvgIpc) is 4.12. The minimum Gasteiger partial charge on any atom is -0.455 e. The fraction of sp³-hybridized carbons (Fsp3) is 0.288. The lowest BCUT2D eigenvalue weighted by molar-refractivity contribution is -0.0399. The van der Waals surface area contributed by atoms with Crippen LogP contribution in [0.5, 0.6) is 0 Å². The molecule has 1 aromatic heterocycles. The van der Waals surface area contributed by atoms with Crippen LogP contribution in [0.1, 0.15) is 80.0 Å². The van der Waals surface area contributed by atoms with E-state index in [1.165, 1.54) is 113 Å². The van der Waals surface area contributed by atoms with Crippen molar-refractivity contribution in [2.75, 3.05) is 4.90 Å². The van der Waals surface area contributed by atoms with Gasteiger partial charge >= 0.3 is 0 Å². The van der Waals surface area contributed by atoms with Crippen molar-refractivity contribution in [3.63, 3.8) is 0 Å². The smallest absolute Gasteiger partial charge is 0.143 e. The number of rotatable bonds is 4. The second-order valence-electron chi connectivity index (χ2n) is 20.4. The molecule has 6 bridgehead atoms. The lowest BCUT2D eigenvalue weighted by Crippen LogP contribution is -2.55. The third kappa shape index (κ3) is 4.29. The van der Waals surface area contributed by atoms with Gasteiger partial charge in [0.15, 0.2) is 0 Å². The van der Waals surface area contributed by atoms with Gasteiger partial charge in [0.2, 0.25) is 0 Å². The highest BCUT2D eigenvalue weighted by atomic mass is 16.3. The molecule has 8 aliphatic carbocycles. The standard InChI is InChI=1S/C59H49NO/c1-4-13-52-46(8-1)50-32-43(22-24-53(50)58(52)34-35-16-19-39(58)27-35)60(42-20-17-38(18-21-42)45-11-7-12-49-48-10-3-6-15-56(48)61-57(45)49)44-23-25-55-51(33-44)47-9-2-5-14-54(47)59(55)40-28-36-26-37(30-40)31-41(59)29-36/h1-15,17-18,20-25,32-33,35-37,39-41H,16,19,26-31,34H2. The summed E-state index contributed by atoms with van der Waals surface area (Å²) in [7, 11) is 0. The minimum absolute atomic E-state index is 0.161. The van der Waals surface area contributed by atoms with E-state index in [4.69, 9.17) is 4.42 Å². The molecule has 0 aliphatic heterocycles. The monoisotopic (exact) mass is 787 g/mol. The number of fused-ring (bicyclic) bond motifs is 14. The van der Waals surface area contributed by atoms with E-state index in [0.717, 1.165) is 52.2 Å². The molecule has 2 spiro atoms. The van der Waals surface area contributed by atoms with Crippen LogP contribution in [0.2, 0.25) is 0 Å². The quantitative estimate of drug-likeness (QED) is 0.177. The Labute approximate surface area is 358 Å². The van der Waals surface area contributed by atoms with Crippen LogP contribution in [-0.2, 0) is 10.8 Å². The normalized spacial score (nSPS) is 29.2. The van der Waals surface area contributed by atoms with Crippen molar-refractivity contribution in [1.82, 2.24) is 0 Å². The van der Waals surface area contributed by atoms with Crippen molar-refractivity contribution in [2.24, 2.45) is 35.5 Å². The summed E-state index contributed by atoms with van der Waals surface area (Å²) >= 11 is 0. The molecule has 61 heavy (non-hydrogen) atoms. The summed E-state index contributed by atoms with van der Waals surface area (Å²) in [6, 6.07) is 58.5.